The highest BCUT2D eigenvalue weighted by molar-refractivity contribution is 5.75. The van der Waals surface area contributed by atoms with Crippen LogP contribution in [-0.4, -0.2) is 43.3 Å². The molecule has 0 atom stereocenters. The molecule has 6 heteroatoms. The van der Waals surface area contributed by atoms with Gasteiger partial charge in [0.1, 0.15) is 12.4 Å². The topological polar surface area (TPSA) is 84.9 Å². The minimum absolute atomic E-state index is 0.155. The molecular weight excluding hydrogens is 262 g/mol. The van der Waals surface area contributed by atoms with Crippen LogP contribution in [-0.2, 0) is 14.3 Å². The summed E-state index contributed by atoms with van der Waals surface area (Å²) in [7, 11) is 0. The summed E-state index contributed by atoms with van der Waals surface area (Å²) < 4.78 is 10.3. The van der Waals surface area contributed by atoms with Crippen molar-refractivity contribution >= 4 is 11.9 Å². The van der Waals surface area contributed by atoms with E-state index in [4.69, 9.17) is 14.6 Å². The van der Waals surface area contributed by atoms with E-state index in [1.165, 1.54) is 0 Å². The molecule has 0 fully saturated rings. The lowest BCUT2D eigenvalue weighted by atomic mass is 10.2. The van der Waals surface area contributed by atoms with Gasteiger partial charge in [0.05, 0.1) is 19.6 Å². The molecule has 1 rings (SSSR count). The average Bonchev–Trinajstić information content (AvgIpc) is 2.40. The van der Waals surface area contributed by atoms with Gasteiger partial charge in [-0.2, -0.15) is 0 Å². The monoisotopic (exact) mass is 281 g/mol. The molecule has 0 bridgehead atoms. The highest BCUT2D eigenvalue weighted by atomic mass is 16.5. The maximum Gasteiger partial charge on any atom is 0.329 e. The van der Waals surface area contributed by atoms with Crippen molar-refractivity contribution in [2.75, 3.05) is 26.4 Å². The van der Waals surface area contributed by atoms with E-state index < -0.39 is 5.97 Å². The fraction of sp³-hybridized carbons (Fsp3) is 0.429. The predicted octanol–water partition coefficient (Wildman–Crippen LogP) is 0.981. The van der Waals surface area contributed by atoms with Crippen LogP contribution in [0.2, 0.25) is 0 Å². The summed E-state index contributed by atoms with van der Waals surface area (Å²) in [5, 5.41) is 11.0. The second-order valence-electron chi connectivity index (χ2n) is 4.16. The van der Waals surface area contributed by atoms with Gasteiger partial charge in [-0.15, -0.1) is 0 Å². The van der Waals surface area contributed by atoms with Gasteiger partial charge in [-0.1, -0.05) is 18.2 Å². The minimum Gasteiger partial charge on any atom is -0.493 e. The smallest absolute Gasteiger partial charge is 0.329 e. The maximum atomic E-state index is 11.5. The van der Waals surface area contributed by atoms with Crippen molar-refractivity contribution in [1.82, 2.24) is 5.32 Å². The van der Waals surface area contributed by atoms with Crippen LogP contribution >= 0.6 is 0 Å². The quantitative estimate of drug-likeness (QED) is 0.659. The summed E-state index contributed by atoms with van der Waals surface area (Å²) in [4.78, 5) is 21.6. The van der Waals surface area contributed by atoms with Gasteiger partial charge < -0.3 is 19.9 Å². The molecule has 1 aromatic rings. The third kappa shape index (κ3) is 6.75. The van der Waals surface area contributed by atoms with E-state index in [-0.39, 0.29) is 32.1 Å². The zero-order valence-corrected chi connectivity index (χ0v) is 11.4. The number of para-hydroxylation sites is 1. The summed E-state index contributed by atoms with van der Waals surface area (Å²) >= 11 is 0. The molecule has 0 heterocycles. The Morgan fingerprint density at radius 1 is 1.25 bits per heavy atom. The highest BCUT2D eigenvalue weighted by Gasteiger charge is 2.03. The molecule has 6 nitrogen and oxygen atoms in total. The van der Waals surface area contributed by atoms with Crippen molar-refractivity contribution in [2.45, 2.75) is 13.3 Å². The fourth-order valence-corrected chi connectivity index (χ4v) is 1.48. The number of aliphatic carboxylic acids is 1. The normalized spacial score (nSPS) is 10.1. The third-order valence-corrected chi connectivity index (χ3v) is 2.47. The lowest BCUT2D eigenvalue weighted by Crippen LogP contribution is -2.29. The molecule has 20 heavy (non-hydrogen) atoms. The van der Waals surface area contributed by atoms with E-state index >= 15 is 0 Å². The standard InChI is InChI=1S/C14H19NO5/c1-11-4-2-3-5-12(11)20-8-6-13(16)15-7-9-19-10-14(17)18/h2-5H,6-10H2,1H3,(H,15,16)(H,17,18). The Bertz CT molecular complexity index is 447. The van der Waals surface area contributed by atoms with Gasteiger partial charge in [-0.3, -0.25) is 4.79 Å². The van der Waals surface area contributed by atoms with Crippen molar-refractivity contribution in [1.29, 1.82) is 0 Å². The van der Waals surface area contributed by atoms with Crippen LogP contribution < -0.4 is 10.1 Å². The van der Waals surface area contributed by atoms with Gasteiger partial charge in [0.25, 0.3) is 0 Å². The summed E-state index contributed by atoms with van der Waals surface area (Å²) in [5.74, 6) is -0.412. The number of carboxylic acid groups (broad SMARTS) is 1. The first-order valence-electron chi connectivity index (χ1n) is 6.34. The van der Waals surface area contributed by atoms with E-state index in [1.807, 2.05) is 31.2 Å². The van der Waals surface area contributed by atoms with Crippen LogP contribution in [0.15, 0.2) is 24.3 Å². The molecular formula is C14H19NO5. The Kier molecular flexibility index (Phi) is 7.13. The second kappa shape index (κ2) is 8.92. The molecule has 0 unspecified atom stereocenters. The number of amides is 1. The Morgan fingerprint density at radius 3 is 2.70 bits per heavy atom. The largest absolute Gasteiger partial charge is 0.493 e. The fourth-order valence-electron chi connectivity index (χ4n) is 1.48. The molecule has 0 saturated heterocycles. The average molecular weight is 281 g/mol. The van der Waals surface area contributed by atoms with E-state index in [9.17, 15) is 9.59 Å². The second-order valence-corrected chi connectivity index (χ2v) is 4.16. The number of aryl methyl sites for hydroxylation is 1. The molecule has 0 radical (unpaired) electrons. The van der Waals surface area contributed by atoms with Crippen LogP contribution in [0.25, 0.3) is 0 Å². The number of hydrogen-bond acceptors (Lipinski definition) is 4. The minimum atomic E-state index is -1.03. The van der Waals surface area contributed by atoms with E-state index in [0.29, 0.717) is 6.61 Å². The van der Waals surface area contributed by atoms with Crippen molar-refractivity contribution in [3.05, 3.63) is 29.8 Å². The molecule has 0 aliphatic rings. The summed E-state index contributed by atoms with van der Waals surface area (Å²) in [6, 6.07) is 7.59. The van der Waals surface area contributed by atoms with Gasteiger partial charge in [-0.05, 0) is 18.6 Å². The number of nitrogens with one attached hydrogen (secondary N) is 1. The zero-order chi connectivity index (χ0) is 14.8. The van der Waals surface area contributed by atoms with Crippen molar-refractivity contribution < 1.29 is 24.2 Å². The van der Waals surface area contributed by atoms with E-state index in [2.05, 4.69) is 5.32 Å². The Morgan fingerprint density at radius 2 is 2.00 bits per heavy atom. The summed E-state index contributed by atoms with van der Waals surface area (Å²) in [5.41, 5.74) is 1.02. The number of carboxylic acids is 1. The Labute approximate surface area is 117 Å². The molecule has 0 spiro atoms. The van der Waals surface area contributed by atoms with Gasteiger partial charge in [-0.25, -0.2) is 4.79 Å². The first-order chi connectivity index (χ1) is 9.59. The van der Waals surface area contributed by atoms with Crippen LogP contribution in [0, 0.1) is 6.92 Å². The Balaban J connectivity index is 2.09. The van der Waals surface area contributed by atoms with Crippen molar-refractivity contribution in [3.8, 4) is 5.75 Å². The van der Waals surface area contributed by atoms with Crippen LogP contribution in [0.5, 0.6) is 5.75 Å². The molecule has 1 amide bonds. The number of ether oxygens (including phenoxy) is 2. The van der Waals surface area contributed by atoms with Gasteiger partial charge >= 0.3 is 5.97 Å². The van der Waals surface area contributed by atoms with Crippen molar-refractivity contribution in [2.24, 2.45) is 0 Å². The molecule has 0 aliphatic heterocycles. The van der Waals surface area contributed by atoms with Crippen molar-refractivity contribution in [3.63, 3.8) is 0 Å². The molecule has 1 aromatic carbocycles. The number of hydrogen-bond donors (Lipinski definition) is 2. The number of benzene rings is 1. The maximum absolute atomic E-state index is 11.5. The number of rotatable bonds is 9. The van der Waals surface area contributed by atoms with Crippen LogP contribution in [0.3, 0.4) is 0 Å². The first-order valence-corrected chi connectivity index (χ1v) is 6.34. The predicted molar refractivity (Wildman–Crippen MR) is 72.8 cm³/mol. The lowest BCUT2D eigenvalue weighted by Gasteiger charge is -2.09. The van der Waals surface area contributed by atoms with Gasteiger partial charge in [0.15, 0.2) is 0 Å². The van der Waals surface area contributed by atoms with E-state index in [0.717, 1.165) is 11.3 Å². The van der Waals surface area contributed by atoms with Crippen LogP contribution in [0.1, 0.15) is 12.0 Å². The summed E-state index contributed by atoms with van der Waals surface area (Å²) in [6.07, 6.45) is 0.243. The van der Waals surface area contributed by atoms with Crippen LogP contribution in [0.4, 0.5) is 0 Å². The molecule has 2 N–H and O–H groups in total. The number of carbonyl (C=O) groups excluding carboxylic acids is 1. The zero-order valence-electron chi connectivity index (χ0n) is 11.4. The molecule has 110 valence electrons. The van der Waals surface area contributed by atoms with Gasteiger partial charge in [0.2, 0.25) is 5.91 Å². The molecule has 0 saturated carbocycles. The lowest BCUT2D eigenvalue weighted by molar-refractivity contribution is -0.142. The number of carbonyl (C=O) groups is 2. The molecule has 0 aromatic heterocycles. The third-order valence-electron chi connectivity index (χ3n) is 2.47. The highest BCUT2D eigenvalue weighted by Crippen LogP contribution is 2.15. The Hall–Kier alpha value is -2.08. The SMILES string of the molecule is Cc1ccccc1OCCC(=O)NCCOCC(=O)O. The van der Waals surface area contributed by atoms with Gasteiger partial charge in [0, 0.05) is 6.54 Å². The first kappa shape index (κ1) is 16.0. The van der Waals surface area contributed by atoms with E-state index in [1.54, 1.807) is 0 Å². The summed E-state index contributed by atoms with van der Waals surface area (Å²) in [6.45, 7) is 2.35. The molecule has 0 aliphatic carbocycles.